The third-order valence-electron chi connectivity index (χ3n) is 3.40. The fourth-order valence-electron chi connectivity index (χ4n) is 2.04. The van der Waals surface area contributed by atoms with Crippen LogP contribution in [0.3, 0.4) is 0 Å². The fourth-order valence-corrected chi connectivity index (χ4v) is 2.04. The summed E-state index contributed by atoms with van der Waals surface area (Å²) in [5.41, 5.74) is -2.27. The molecule has 1 aliphatic carbocycles. The standard InChI is InChI=1S/C12H17F3N2O4/c1-7(18)16-8(6-9(19)21-2)10(20)17-11(4-3-5-11)12(13,14)15/h8H,3-6H2,1-2H3,(H,16,18)(H,17,20). The molecule has 2 amide bonds. The zero-order valence-electron chi connectivity index (χ0n) is 11.7. The van der Waals surface area contributed by atoms with E-state index < -0.39 is 42.0 Å². The zero-order chi connectivity index (χ0) is 16.3. The first-order chi connectivity index (χ1) is 9.61. The largest absolute Gasteiger partial charge is 0.469 e. The Kier molecular flexibility index (Phi) is 5.19. The smallest absolute Gasteiger partial charge is 0.411 e. The lowest BCUT2D eigenvalue weighted by molar-refractivity contribution is -0.219. The van der Waals surface area contributed by atoms with E-state index >= 15 is 0 Å². The maximum Gasteiger partial charge on any atom is 0.411 e. The summed E-state index contributed by atoms with van der Waals surface area (Å²) in [6, 6.07) is -1.39. The Bertz CT molecular complexity index is 433. The van der Waals surface area contributed by atoms with Gasteiger partial charge in [0.15, 0.2) is 0 Å². The van der Waals surface area contributed by atoms with Gasteiger partial charge in [-0.1, -0.05) is 0 Å². The molecule has 0 heterocycles. The lowest BCUT2D eigenvalue weighted by Crippen LogP contribution is -2.65. The van der Waals surface area contributed by atoms with Gasteiger partial charge in [0, 0.05) is 6.92 Å². The first-order valence-corrected chi connectivity index (χ1v) is 6.34. The van der Waals surface area contributed by atoms with Crippen molar-refractivity contribution >= 4 is 17.8 Å². The summed E-state index contributed by atoms with van der Waals surface area (Å²) in [6.45, 7) is 1.10. The van der Waals surface area contributed by atoms with Gasteiger partial charge in [-0.2, -0.15) is 13.2 Å². The van der Waals surface area contributed by atoms with E-state index in [1.165, 1.54) is 0 Å². The van der Waals surface area contributed by atoms with Crippen molar-refractivity contribution in [3.8, 4) is 0 Å². The Morgan fingerprint density at radius 3 is 2.19 bits per heavy atom. The maximum absolute atomic E-state index is 13.0. The summed E-state index contributed by atoms with van der Waals surface area (Å²) in [4.78, 5) is 34.1. The van der Waals surface area contributed by atoms with Crippen LogP contribution in [0.25, 0.3) is 0 Å². The van der Waals surface area contributed by atoms with Crippen LogP contribution >= 0.6 is 0 Å². The van der Waals surface area contributed by atoms with Crippen LogP contribution < -0.4 is 10.6 Å². The van der Waals surface area contributed by atoms with Crippen LogP contribution in [0.15, 0.2) is 0 Å². The fraction of sp³-hybridized carbons (Fsp3) is 0.750. The van der Waals surface area contributed by atoms with E-state index in [1.807, 2.05) is 5.32 Å². The van der Waals surface area contributed by atoms with Crippen LogP contribution in [0, 0.1) is 0 Å². The van der Waals surface area contributed by atoms with Gasteiger partial charge in [0.2, 0.25) is 11.8 Å². The number of rotatable bonds is 5. The summed E-state index contributed by atoms with van der Waals surface area (Å²) in [5.74, 6) is -2.49. The lowest BCUT2D eigenvalue weighted by atomic mass is 9.76. The van der Waals surface area contributed by atoms with Gasteiger partial charge in [-0.15, -0.1) is 0 Å². The Morgan fingerprint density at radius 2 is 1.86 bits per heavy atom. The van der Waals surface area contributed by atoms with Crippen molar-refractivity contribution in [3.05, 3.63) is 0 Å². The predicted octanol–water partition coefficient (Wildman–Crippen LogP) is 0.655. The number of carbonyl (C=O) groups is 3. The molecule has 1 aliphatic rings. The number of amides is 2. The van der Waals surface area contributed by atoms with E-state index in [0.29, 0.717) is 6.42 Å². The molecule has 0 spiro atoms. The topological polar surface area (TPSA) is 84.5 Å². The van der Waals surface area contributed by atoms with Crippen LogP contribution in [-0.4, -0.2) is 42.7 Å². The minimum atomic E-state index is -4.58. The van der Waals surface area contributed by atoms with E-state index in [1.54, 1.807) is 0 Å². The van der Waals surface area contributed by atoms with E-state index in [9.17, 15) is 27.6 Å². The van der Waals surface area contributed by atoms with Crippen molar-refractivity contribution in [2.75, 3.05) is 7.11 Å². The Labute approximate surface area is 119 Å². The molecular formula is C12H17F3N2O4. The van der Waals surface area contributed by atoms with Crippen LogP contribution in [0.1, 0.15) is 32.6 Å². The molecule has 1 saturated carbocycles. The summed E-state index contributed by atoms with van der Waals surface area (Å²) < 4.78 is 43.3. The quantitative estimate of drug-likeness (QED) is 0.731. The molecule has 0 saturated heterocycles. The Morgan fingerprint density at radius 1 is 1.29 bits per heavy atom. The molecule has 0 aromatic carbocycles. The van der Waals surface area contributed by atoms with Gasteiger partial charge >= 0.3 is 12.1 Å². The number of hydrogen-bond donors (Lipinski definition) is 2. The molecule has 2 N–H and O–H groups in total. The second kappa shape index (κ2) is 6.31. The van der Waals surface area contributed by atoms with Crippen LogP contribution in [0.5, 0.6) is 0 Å². The van der Waals surface area contributed by atoms with E-state index in [4.69, 9.17) is 0 Å². The van der Waals surface area contributed by atoms with Gasteiger partial charge in [-0.25, -0.2) is 0 Å². The van der Waals surface area contributed by atoms with Gasteiger partial charge in [0.1, 0.15) is 11.6 Å². The number of alkyl halides is 3. The van der Waals surface area contributed by atoms with Crippen molar-refractivity contribution in [1.82, 2.24) is 10.6 Å². The Balaban J connectivity index is 2.80. The molecule has 21 heavy (non-hydrogen) atoms. The third-order valence-corrected chi connectivity index (χ3v) is 3.40. The number of esters is 1. The van der Waals surface area contributed by atoms with E-state index in [-0.39, 0.29) is 12.8 Å². The molecule has 0 bridgehead atoms. The highest BCUT2D eigenvalue weighted by atomic mass is 19.4. The zero-order valence-corrected chi connectivity index (χ0v) is 11.7. The first kappa shape index (κ1) is 17.3. The van der Waals surface area contributed by atoms with Gasteiger partial charge in [-0.3, -0.25) is 14.4 Å². The van der Waals surface area contributed by atoms with Crippen molar-refractivity contribution in [2.24, 2.45) is 0 Å². The summed E-state index contributed by atoms with van der Waals surface area (Å²) in [5, 5.41) is 4.07. The van der Waals surface area contributed by atoms with Gasteiger partial charge in [0.05, 0.1) is 13.5 Å². The molecule has 0 aromatic heterocycles. The molecule has 0 radical (unpaired) electrons. The number of carbonyl (C=O) groups excluding carboxylic acids is 3. The molecule has 1 unspecified atom stereocenters. The van der Waals surface area contributed by atoms with Gasteiger partial charge < -0.3 is 15.4 Å². The number of nitrogens with one attached hydrogen (secondary N) is 2. The van der Waals surface area contributed by atoms with Crippen LogP contribution in [-0.2, 0) is 19.1 Å². The van der Waals surface area contributed by atoms with Crippen molar-refractivity contribution < 1.29 is 32.3 Å². The second-order valence-electron chi connectivity index (χ2n) is 4.96. The summed E-state index contributed by atoms with van der Waals surface area (Å²) >= 11 is 0. The van der Waals surface area contributed by atoms with Crippen LogP contribution in [0.4, 0.5) is 13.2 Å². The minimum absolute atomic E-state index is 0.215. The second-order valence-corrected chi connectivity index (χ2v) is 4.96. The molecule has 120 valence electrons. The highest BCUT2D eigenvalue weighted by molar-refractivity contribution is 5.90. The Hall–Kier alpha value is -1.80. The van der Waals surface area contributed by atoms with Crippen LogP contribution in [0.2, 0.25) is 0 Å². The minimum Gasteiger partial charge on any atom is -0.469 e. The highest BCUT2D eigenvalue weighted by Crippen LogP contribution is 2.45. The first-order valence-electron chi connectivity index (χ1n) is 6.34. The third kappa shape index (κ3) is 4.08. The summed E-state index contributed by atoms with van der Waals surface area (Å²) in [6.07, 6.45) is -5.19. The number of ether oxygens (including phenoxy) is 1. The normalized spacial score (nSPS) is 18.1. The maximum atomic E-state index is 13.0. The molecule has 1 atom stereocenters. The van der Waals surface area contributed by atoms with Crippen molar-refractivity contribution in [2.45, 2.75) is 50.4 Å². The SMILES string of the molecule is COC(=O)CC(NC(C)=O)C(=O)NC1(C(F)(F)F)CCC1. The lowest BCUT2D eigenvalue weighted by Gasteiger charge is -2.44. The summed E-state index contributed by atoms with van der Waals surface area (Å²) in [7, 11) is 1.08. The molecule has 6 nitrogen and oxygen atoms in total. The number of hydrogen-bond acceptors (Lipinski definition) is 4. The molecule has 0 aromatic rings. The van der Waals surface area contributed by atoms with E-state index in [0.717, 1.165) is 14.0 Å². The predicted molar refractivity (Wildman–Crippen MR) is 65.0 cm³/mol. The number of halogens is 3. The van der Waals surface area contributed by atoms with Crippen molar-refractivity contribution in [1.29, 1.82) is 0 Å². The van der Waals surface area contributed by atoms with Crippen molar-refractivity contribution in [3.63, 3.8) is 0 Å². The van der Waals surface area contributed by atoms with Gasteiger partial charge in [-0.05, 0) is 19.3 Å². The highest BCUT2D eigenvalue weighted by Gasteiger charge is 2.59. The number of methoxy groups -OCH3 is 1. The average molecular weight is 310 g/mol. The van der Waals surface area contributed by atoms with Gasteiger partial charge in [0.25, 0.3) is 0 Å². The molecule has 9 heteroatoms. The van der Waals surface area contributed by atoms with E-state index in [2.05, 4.69) is 10.1 Å². The molecule has 1 fully saturated rings. The molecule has 1 rings (SSSR count). The monoisotopic (exact) mass is 310 g/mol. The average Bonchev–Trinajstić information content (AvgIpc) is 2.30. The molecular weight excluding hydrogens is 293 g/mol. The molecule has 0 aliphatic heterocycles.